The topological polar surface area (TPSA) is 55.4 Å². The molecule has 0 saturated carbocycles. The Labute approximate surface area is 141 Å². The molecule has 1 atom stereocenters. The summed E-state index contributed by atoms with van der Waals surface area (Å²) in [5, 5.41) is 2.96. The Hall–Kier alpha value is -1.85. The number of carbonyl (C=O) groups is 2. The molecule has 6 heteroatoms. The molecule has 2 aromatic carbocycles. The Bertz CT molecular complexity index is 688. The molecular weight excluding hydrogens is 370 g/mol. The van der Waals surface area contributed by atoms with E-state index in [1.807, 2.05) is 0 Å². The van der Waals surface area contributed by atoms with Crippen molar-refractivity contribution in [3.05, 3.63) is 63.6 Å². The molecule has 0 heterocycles. The zero-order valence-corrected chi connectivity index (χ0v) is 14.0. The number of halogens is 2. The van der Waals surface area contributed by atoms with Crippen molar-refractivity contribution in [1.29, 1.82) is 0 Å². The van der Waals surface area contributed by atoms with Crippen LogP contribution in [0.3, 0.4) is 0 Å². The third-order valence-corrected chi connectivity index (χ3v) is 3.72. The quantitative estimate of drug-likeness (QED) is 0.803. The summed E-state index contributed by atoms with van der Waals surface area (Å²) >= 11 is 9.23. The number of ether oxygens (including phenoxy) is 1. The van der Waals surface area contributed by atoms with Crippen molar-refractivity contribution < 1.29 is 14.3 Å². The Morgan fingerprint density at radius 2 is 1.77 bits per heavy atom. The monoisotopic (exact) mass is 381 g/mol. The van der Waals surface area contributed by atoms with Gasteiger partial charge in [-0.3, -0.25) is 4.79 Å². The van der Waals surface area contributed by atoms with Crippen molar-refractivity contribution in [3.63, 3.8) is 0 Å². The van der Waals surface area contributed by atoms with Gasteiger partial charge in [0.1, 0.15) is 0 Å². The maximum absolute atomic E-state index is 12.0. The summed E-state index contributed by atoms with van der Waals surface area (Å²) in [6.45, 7) is 1.50. The molecule has 0 radical (unpaired) electrons. The van der Waals surface area contributed by atoms with Crippen LogP contribution in [0.5, 0.6) is 0 Å². The fourth-order valence-electron chi connectivity index (χ4n) is 1.68. The Morgan fingerprint density at radius 3 is 2.41 bits per heavy atom. The Balaban J connectivity index is 1.98. The Morgan fingerprint density at radius 1 is 1.14 bits per heavy atom. The van der Waals surface area contributed by atoms with Gasteiger partial charge in [0.05, 0.1) is 10.6 Å². The van der Waals surface area contributed by atoms with Gasteiger partial charge in [0.15, 0.2) is 6.10 Å². The van der Waals surface area contributed by atoms with E-state index in [-0.39, 0.29) is 10.6 Å². The van der Waals surface area contributed by atoms with Crippen molar-refractivity contribution in [2.24, 2.45) is 0 Å². The van der Waals surface area contributed by atoms with E-state index >= 15 is 0 Å². The molecule has 114 valence electrons. The van der Waals surface area contributed by atoms with Crippen LogP contribution in [-0.4, -0.2) is 18.0 Å². The lowest BCUT2D eigenvalue weighted by Gasteiger charge is -2.14. The molecule has 2 rings (SSSR count). The van der Waals surface area contributed by atoms with Gasteiger partial charge in [0.25, 0.3) is 5.91 Å². The van der Waals surface area contributed by atoms with Gasteiger partial charge in [-0.05, 0) is 43.3 Å². The number of benzene rings is 2. The van der Waals surface area contributed by atoms with E-state index < -0.39 is 18.0 Å². The van der Waals surface area contributed by atoms with Crippen LogP contribution in [0.4, 0.5) is 5.69 Å². The average Bonchev–Trinajstić information content (AvgIpc) is 2.49. The van der Waals surface area contributed by atoms with E-state index in [0.717, 1.165) is 4.47 Å². The lowest BCUT2D eigenvalue weighted by molar-refractivity contribution is -0.123. The molecule has 22 heavy (non-hydrogen) atoms. The van der Waals surface area contributed by atoms with Crippen molar-refractivity contribution >= 4 is 45.1 Å². The summed E-state index contributed by atoms with van der Waals surface area (Å²) in [5.41, 5.74) is 0.848. The van der Waals surface area contributed by atoms with E-state index in [1.54, 1.807) is 48.5 Å². The number of hydrogen-bond donors (Lipinski definition) is 1. The number of amides is 1. The van der Waals surface area contributed by atoms with Crippen LogP contribution >= 0.6 is 27.5 Å². The van der Waals surface area contributed by atoms with Crippen molar-refractivity contribution in [2.45, 2.75) is 13.0 Å². The molecule has 1 amide bonds. The lowest BCUT2D eigenvalue weighted by atomic mass is 10.2. The van der Waals surface area contributed by atoms with Gasteiger partial charge in [0.2, 0.25) is 0 Å². The molecule has 4 nitrogen and oxygen atoms in total. The molecule has 0 bridgehead atoms. The van der Waals surface area contributed by atoms with E-state index in [2.05, 4.69) is 21.2 Å². The van der Waals surface area contributed by atoms with E-state index in [9.17, 15) is 9.59 Å². The number of hydrogen-bond acceptors (Lipinski definition) is 3. The molecule has 0 saturated heterocycles. The molecule has 0 unspecified atom stereocenters. The highest BCUT2D eigenvalue weighted by Gasteiger charge is 2.20. The molecule has 0 spiro atoms. The summed E-state index contributed by atoms with van der Waals surface area (Å²) in [6, 6.07) is 13.6. The van der Waals surface area contributed by atoms with Crippen LogP contribution in [0.15, 0.2) is 53.0 Å². The van der Waals surface area contributed by atoms with Crippen LogP contribution < -0.4 is 5.32 Å². The van der Waals surface area contributed by atoms with E-state index in [1.165, 1.54) is 6.92 Å². The predicted molar refractivity (Wildman–Crippen MR) is 89.1 cm³/mol. The van der Waals surface area contributed by atoms with Crippen molar-refractivity contribution in [3.8, 4) is 0 Å². The first-order valence-corrected chi connectivity index (χ1v) is 7.66. The van der Waals surface area contributed by atoms with Gasteiger partial charge in [-0.15, -0.1) is 0 Å². The highest BCUT2D eigenvalue weighted by atomic mass is 79.9. The fraction of sp³-hybridized carbons (Fsp3) is 0.125. The first-order chi connectivity index (χ1) is 10.5. The molecule has 0 aromatic heterocycles. The highest BCUT2D eigenvalue weighted by Crippen LogP contribution is 2.17. The van der Waals surface area contributed by atoms with Gasteiger partial charge in [-0.2, -0.15) is 0 Å². The number of nitrogens with one attached hydrogen (secondary N) is 1. The number of anilines is 1. The van der Waals surface area contributed by atoms with E-state index in [0.29, 0.717) is 5.69 Å². The Kier molecular flexibility index (Phi) is 5.57. The summed E-state index contributed by atoms with van der Waals surface area (Å²) in [7, 11) is 0. The molecule has 0 aliphatic rings. The summed E-state index contributed by atoms with van der Waals surface area (Å²) < 4.78 is 6.04. The lowest BCUT2D eigenvalue weighted by Crippen LogP contribution is -2.30. The van der Waals surface area contributed by atoms with Gasteiger partial charge in [-0.25, -0.2) is 4.79 Å². The standard InChI is InChI=1S/C16H13BrClNO3/c1-10(15(20)19-12-8-6-11(17)7-9-12)22-16(21)13-4-2-3-5-14(13)18/h2-10H,1H3,(H,19,20)/t10-/m0/s1. The normalized spacial score (nSPS) is 11.6. The van der Waals surface area contributed by atoms with E-state index in [4.69, 9.17) is 16.3 Å². The zero-order valence-electron chi connectivity index (χ0n) is 11.7. The SMILES string of the molecule is C[C@H](OC(=O)c1ccccc1Cl)C(=O)Nc1ccc(Br)cc1. The second kappa shape index (κ2) is 7.42. The smallest absolute Gasteiger partial charge is 0.340 e. The second-order valence-corrected chi connectivity index (χ2v) is 5.85. The predicted octanol–water partition coefficient (Wildman–Crippen LogP) is 4.29. The van der Waals surface area contributed by atoms with Crippen LogP contribution in [0.1, 0.15) is 17.3 Å². The third-order valence-electron chi connectivity index (χ3n) is 2.86. The minimum absolute atomic E-state index is 0.229. The first-order valence-electron chi connectivity index (χ1n) is 6.49. The fourth-order valence-corrected chi connectivity index (χ4v) is 2.16. The maximum Gasteiger partial charge on any atom is 0.340 e. The summed E-state index contributed by atoms with van der Waals surface area (Å²) in [6.07, 6.45) is -0.938. The minimum atomic E-state index is -0.938. The third kappa shape index (κ3) is 4.32. The van der Waals surface area contributed by atoms with Gasteiger partial charge in [0, 0.05) is 10.2 Å². The average molecular weight is 383 g/mol. The summed E-state index contributed by atoms with van der Waals surface area (Å²) in [4.78, 5) is 24.0. The summed E-state index contributed by atoms with van der Waals surface area (Å²) in [5.74, 6) is -1.05. The molecular formula is C16H13BrClNO3. The van der Waals surface area contributed by atoms with Crippen LogP contribution in [0, 0.1) is 0 Å². The molecule has 0 fully saturated rings. The molecule has 0 aliphatic carbocycles. The van der Waals surface area contributed by atoms with Gasteiger partial charge >= 0.3 is 5.97 Å². The highest BCUT2D eigenvalue weighted by molar-refractivity contribution is 9.10. The van der Waals surface area contributed by atoms with Gasteiger partial charge in [-0.1, -0.05) is 39.7 Å². The molecule has 2 aromatic rings. The minimum Gasteiger partial charge on any atom is -0.449 e. The molecule has 1 N–H and O–H groups in total. The van der Waals surface area contributed by atoms with Crippen LogP contribution in [-0.2, 0) is 9.53 Å². The second-order valence-electron chi connectivity index (χ2n) is 4.52. The van der Waals surface area contributed by atoms with Crippen LogP contribution in [0.2, 0.25) is 5.02 Å². The van der Waals surface area contributed by atoms with Gasteiger partial charge < -0.3 is 10.1 Å². The molecule has 0 aliphatic heterocycles. The largest absolute Gasteiger partial charge is 0.449 e. The van der Waals surface area contributed by atoms with Crippen molar-refractivity contribution in [2.75, 3.05) is 5.32 Å². The number of rotatable bonds is 4. The number of esters is 1. The first kappa shape index (κ1) is 16.5. The van der Waals surface area contributed by atoms with Crippen molar-refractivity contribution in [1.82, 2.24) is 0 Å². The number of carbonyl (C=O) groups excluding carboxylic acids is 2. The zero-order chi connectivity index (χ0) is 16.1. The maximum atomic E-state index is 12.0. The van der Waals surface area contributed by atoms with Crippen LogP contribution in [0.25, 0.3) is 0 Å².